The number of thiophene rings is 1. The molecule has 0 atom stereocenters. The highest BCUT2D eigenvalue weighted by Crippen LogP contribution is 2.27. The molecule has 0 aliphatic carbocycles. The number of sulfonamides is 1. The lowest BCUT2D eigenvalue weighted by atomic mass is 10.1. The summed E-state index contributed by atoms with van der Waals surface area (Å²) in [5, 5.41) is 4.23. The molecule has 0 unspecified atom stereocenters. The number of amides is 1. The molecule has 0 bridgehead atoms. The zero-order valence-electron chi connectivity index (χ0n) is 15.6. The number of carbonyl (C=O) groups excluding carboxylic acids is 1. The Kier molecular flexibility index (Phi) is 5.53. The van der Waals surface area contributed by atoms with Crippen LogP contribution in [0.2, 0.25) is 0 Å². The van der Waals surface area contributed by atoms with Crippen molar-refractivity contribution in [2.75, 3.05) is 16.7 Å². The first-order valence-corrected chi connectivity index (χ1v) is 10.7. The standard InChI is InChI=1S/C20H19FN2O3S2/c1-13-4-9-18(14(2)10-13)22-20(24)19-11-17(12-27-19)28(25,26)23(3)16-7-5-15(21)6-8-16/h4-12H,1-3H3,(H,22,24). The fourth-order valence-corrected chi connectivity index (χ4v) is 5.01. The summed E-state index contributed by atoms with van der Waals surface area (Å²) < 4.78 is 39.8. The van der Waals surface area contributed by atoms with Gasteiger partial charge < -0.3 is 5.32 Å². The number of hydrogen-bond donors (Lipinski definition) is 1. The SMILES string of the molecule is Cc1ccc(NC(=O)c2cc(S(=O)(=O)N(C)c3ccc(F)cc3)cs2)c(C)c1. The quantitative estimate of drug-likeness (QED) is 0.659. The van der Waals surface area contributed by atoms with Crippen LogP contribution in [0.15, 0.2) is 58.8 Å². The second kappa shape index (κ2) is 7.73. The van der Waals surface area contributed by atoms with Gasteiger partial charge in [0.1, 0.15) is 5.82 Å². The summed E-state index contributed by atoms with van der Waals surface area (Å²) in [6, 6.07) is 12.2. The topological polar surface area (TPSA) is 66.5 Å². The molecule has 1 N–H and O–H groups in total. The highest BCUT2D eigenvalue weighted by Gasteiger charge is 2.24. The molecule has 0 aliphatic heterocycles. The summed E-state index contributed by atoms with van der Waals surface area (Å²) in [5.41, 5.74) is 3.02. The molecule has 3 rings (SSSR count). The smallest absolute Gasteiger partial charge is 0.265 e. The molecule has 0 fully saturated rings. The summed E-state index contributed by atoms with van der Waals surface area (Å²) in [6.07, 6.45) is 0. The molecule has 28 heavy (non-hydrogen) atoms. The molecule has 0 saturated carbocycles. The van der Waals surface area contributed by atoms with Crippen molar-refractivity contribution < 1.29 is 17.6 Å². The number of anilines is 2. The molecule has 0 radical (unpaired) electrons. The Balaban J connectivity index is 1.82. The van der Waals surface area contributed by atoms with Crippen molar-refractivity contribution in [3.63, 3.8) is 0 Å². The zero-order chi connectivity index (χ0) is 20.5. The van der Waals surface area contributed by atoms with Gasteiger partial charge in [0.05, 0.1) is 15.5 Å². The van der Waals surface area contributed by atoms with Crippen molar-refractivity contribution in [2.24, 2.45) is 0 Å². The molecule has 1 amide bonds. The molecule has 1 aromatic heterocycles. The molecule has 8 heteroatoms. The molecule has 0 spiro atoms. The van der Waals surface area contributed by atoms with Crippen LogP contribution in [-0.2, 0) is 10.0 Å². The maximum Gasteiger partial charge on any atom is 0.265 e. The van der Waals surface area contributed by atoms with Crippen molar-refractivity contribution in [1.82, 2.24) is 0 Å². The number of hydrogen-bond acceptors (Lipinski definition) is 4. The zero-order valence-corrected chi connectivity index (χ0v) is 17.2. The highest BCUT2D eigenvalue weighted by atomic mass is 32.2. The number of aryl methyl sites for hydroxylation is 2. The lowest BCUT2D eigenvalue weighted by molar-refractivity contribution is 0.103. The van der Waals surface area contributed by atoms with E-state index in [1.54, 1.807) is 0 Å². The van der Waals surface area contributed by atoms with E-state index in [1.165, 1.54) is 42.8 Å². The van der Waals surface area contributed by atoms with Crippen LogP contribution in [0.5, 0.6) is 0 Å². The molecule has 146 valence electrons. The number of carbonyl (C=O) groups is 1. The Morgan fingerprint density at radius 2 is 1.75 bits per heavy atom. The first kappa shape index (κ1) is 20.0. The lowest BCUT2D eigenvalue weighted by Gasteiger charge is -2.18. The molecule has 2 aromatic carbocycles. The van der Waals surface area contributed by atoms with Gasteiger partial charge in [0.25, 0.3) is 15.9 Å². The van der Waals surface area contributed by atoms with Crippen LogP contribution in [0.4, 0.5) is 15.8 Å². The molecule has 5 nitrogen and oxygen atoms in total. The minimum atomic E-state index is -3.86. The highest BCUT2D eigenvalue weighted by molar-refractivity contribution is 7.93. The van der Waals surface area contributed by atoms with Gasteiger partial charge in [0, 0.05) is 18.1 Å². The number of benzene rings is 2. The van der Waals surface area contributed by atoms with Gasteiger partial charge in [-0.3, -0.25) is 9.10 Å². The van der Waals surface area contributed by atoms with Crippen LogP contribution < -0.4 is 9.62 Å². The predicted octanol–water partition coefficient (Wildman–Crippen LogP) is 4.58. The van der Waals surface area contributed by atoms with E-state index in [4.69, 9.17) is 0 Å². The van der Waals surface area contributed by atoms with Crippen LogP contribution in [-0.4, -0.2) is 21.4 Å². The van der Waals surface area contributed by atoms with Gasteiger partial charge in [-0.1, -0.05) is 17.7 Å². The molecule has 1 heterocycles. The van der Waals surface area contributed by atoms with Crippen LogP contribution in [0.1, 0.15) is 20.8 Å². The van der Waals surface area contributed by atoms with E-state index < -0.39 is 15.8 Å². The van der Waals surface area contributed by atoms with Crippen molar-refractivity contribution >= 4 is 38.6 Å². The van der Waals surface area contributed by atoms with E-state index in [1.807, 2.05) is 32.0 Å². The van der Waals surface area contributed by atoms with Crippen LogP contribution >= 0.6 is 11.3 Å². The summed E-state index contributed by atoms with van der Waals surface area (Å²) in [4.78, 5) is 12.8. The molecular weight excluding hydrogens is 399 g/mol. The largest absolute Gasteiger partial charge is 0.321 e. The van der Waals surface area contributed by atoms with E-state index in [9.17, 15) is 17.6 Å². The lowest BCUT2D eigenvalue weighted by Crippen LogP contribution is -2.26. The fraction of sp³-hybridized carbons (Fsp3) is 0.150. The molecule has 0 saturated heterocycles. The first-order valence-electron chi connectivity index (χ1n) is 8.40. The van der Waals surface area contributed by atoms with Crippen molar-refractivity contribution in [3.05, 3.63) is 75.7 Å². The second-order valence-electron chi connectivity index (χ2n) is 6.37. The number of halogens is 1. The Hall–Kier alpha value is -2.71. The number of nitrogens with zero attached hydrogens (tertiary/aromatic N) is 1. The summed E-state index contributed by atoms with van der Waals surface area (Å²) in [5.74, 6) is -0.821. The third-order valence-electron chi connectivity index (χ3n) is 4.28. The summed E-state index contributed by atoms with van der Waals surface area (Å²) >= 11 is 1.05. The van der Waals surface area contributed by atoms with E-state index in [2.05, 4.69) is 5.32 Å². The maximum atomic E-state index is 13.1. The van der Waals surface area contributed by atoms with Crippen molar-refractivity contribution in [1.29, 1.82) is 0 Å². The van der Waals surface area contributed by atoms with Gasteiger partial charge in [-0.25, -0.2) is 12.8 Å². The fourth-order valence-electron chi connectivity index (χ4n) is 2.66. The summed E-state index contributed by atoms with van der Waals surface area (Å²) in [6.45, 7) is 3.86. The van der Waals surface area contributed by atoms with Crippen molar-refractivity contribution in [3.8, 4) is 0 Å². The van der Waals surface area contributed by atoms with Crippen LogP contribution in [0.25, 0.3) is 0 Å². The Labute approximate surface area is 167 Å². The third kappa shape index (κ3) is 4.07. The average Bonchev–Trinajstić information content (AvgIpc) is 3.15. The molecular formula is C20H19FN2O3S2. The summed E-state index contributed by atoms with van der Waals surface area (Å²) in [7, 11) is -2.48. The Bertz CT molecular complexity index is 1120. The predicted molar refractivity (Wildman–Crippen MR) is 110 cm³/mol. The maximum absolute atomic E-state index is 13.1. The van der Waals surface area contributed by atoms with Crippen LogP contribution in [0, 0.1) is 19.7 Å². The average molecular weight is 419 g/mol. The van der Waals surface area contributed by atoms with Crippen LogP contribution in [0.3, 0.4) is 0 Å². The minimum Gasteiger partial charge on any atom is -0.321 e. The first-order chi connectivity index (χ1) is 13.2. The Morgan fingerprint density at radius 1 is 1.07 bits per heavy atom. The van der Waals surface area contributed by atoms with E-state index >= 15 is 0 Å². The van der Waals surface area contributed by atoms with Gasteiger partial charge in [0.15, 0.2) is 0 Å². The van der Waals surface area contributed by atoms with E-state index in [0.717, 1.165) is 26.8 Å². The monoisotopic (exact) mass is 418 g/mol. The number of nitrogens with one attached hydrogen (secondary N) is 1. The second-order valence-corrected chi connectivity index (χ2v) is 9.25. The molecule has 0 aliphatic rings. The van der Waals surface area contributed by atoms with Gasteiger partial charge in [-0.2, -0.15) is 0 Å². The number of rotatable bonds is 5. The van der Waals surface area contributed by atoms with E-state index in [0.29, 0.717) is 11.4 Å². The molecule has 3 aromatic rings. The third-order valence-corrected chi connectivity index (χ3v) is 7.12. The van der Waals surface area contributed by atoms with Gasteiger partial charge in [-0.15, -0.1) is 11.3 Å². The minimum absolute atomic E-state index is 0.00935. The van der Waals surface area contributed by atoms with Gasteiger partial charge in [-0.05, 0) is 55.8 Å². The normalized spacial score (nSPS) is 11.3. The van der Waals surface area contributed by atoms with Crippen molar-refractivity contribution in [2.45, 2.75) is 18.7 Å². The van der Waals surface area contributed by atoms with Gasteiger partial charge >= 0.3 is 0 Å². The van der Waals surface area contributed by atoms with E-state index in [-0.39, 0.29) is 15.7 Å². The van der Waals surface area contributed by atoms with Gasteiger partial charge in [0.2, 0.25) is 0 Å². The Morgan fingerprint density at radius 3 is 2.39 bits per heavy atom.